The van der Waals surface area contributed by atoms with Gasteiger partial charge < -0.3 is 5.11 Å². The topological polar surface area (TPSA) is 60.9 Å². The highest BCUT2D eigenvalue weighted by atomic mass is 32.2. The Labute approximate surface area is 127 Å². The lowest BCUT2D eigenvalue weighted by Crippen LogP contribution is -2.49. The van der Waals surface area contributed by atoms with Crippen LogP contribution in [-0.2, 0) is 10.0 Å². The number of piperazine rings is 1. The summed E-state index contributed by atoms with van der Waals surface area (Å²) >= 11 is 0. The van der Waals surface area contributed by atoms with Gasteiger partial charge in [-0.3, -0.25) is 4.90 Å². The SMILES string of the molecule is CC(C)c1ccc(S(=O)(=O)N2CCN(CCO)CC2)cc1. The molecule has 0 aliphatic carbocycles. The summed E-state index contributed by atoms with van der Waals surface area (Å²) < 4.78 is 26.7. The van der Waals surface area contributed by atoms with Crippen LogP contribution in [0.3, 0.4) is 0 Å². The Morgan fingerprint density at radius 1 is 1.10 bits per heavy atom. The van der Waals surface area contributed by atoms with E-state index < -0.39 is 10.0 Å². The van der Waals surface area contributed by atoms with Crippen molar-refractivity contribution < 1.29 is 13.5 Å². The van der Waals surface area contributed by atoms with Crippen LogP contribution < -0.4 is 0 Å². The maximum atomic E-state index is 12.6. The fourth-order valence-electron chi connectivity index (χ4n) is 2.51. The molecule has 1 aliphatic rings. The fourth-order valence-corrected chi connectivity index (χ4v) is 3.93. The Morgan fingerprint density at radius 2 is 1.67 bits per heavy atom. The number of rotatable bonds is 5. The normalized spacial score (nSPS) is 18.3. The predicted molar refractivity (Wildman–Crippen MR) is 82.8 cm³/mol. The van der Waals surface area contributed by atoms with Gasteiger partial charge in [0, 0.05) is 32.7 Å². The average Bonchev–Trinajstić information content (AvgIpc) is 2.48. The first kappa shape index (κ1) is 16.4. The summed E-state index contributed by atoms with van der Waals surface area (Å²) in [7, 11) is -3.40. The quantitative estimate of drug-likeness (QED) is 0.885. The molecule has 0 atom stereocenters. The Balaban J connectivity index is 2.08. The predicted octanol–water partition coefficient (Wildman–Crippen LogP) is 1.11. The fraction of sp³-hybridized carbons (Fsp3) is 0.600. The minimum Gasteiger partial charge on any atom is -0.395 e. The first-order valence-electron chi connectivity index (χ1n) is 7.38. The first-order chi connectivity index (χ1) is 9.95. The number of sulfonamides is 1. The largest absolute Gasteiger partial charge is 0.395 e. The van der Waals surface area contributed by atoms with Gasteiger partial charge in [0.1, 0.15) is 0 Å². The lowest BCUT2D eigenvalue weighted by Gasteiger charge is -2.33. The van der Waals surface area contributed by atoms with Crippen LogP contribution in [0.25, 0.3) is 0 Å². The maximum Gasteiger partial charge on any atom is 0.243 e. The van der Waals surface area contributed by atoms with Crippen LogP contribution in [0.1, 0.15) is 25.3 Å². The Hall–Kier alpha value is -0.950. The van der Waals surface area contributed by atoms with Crippen LogP contribution in [0.4, 0.5) is 0 Å². The van der Waals surface area contributed by atoms with Gasteiger partial charge >= 0.3 is 0 Å². The number of β-amino-alcohol motifs (C(OH)–C–C–N with tert-alkyl or cyclic N) is 1. The van der Waals surface area contributed by atoms with Crippen molar-refractivity contribution in [1.82, 2.24) is 9.21 Å². The van der Waals surface area contributed by atoms with Gasteiger partial charge in [-0.25, -0.2) is 8.42 Å². The molecule has 1 fully saturated rings. The van der Waals surface area contributed by atoms with Crippen LogP contribution in [0.15, 0.2) is 29.2 Å². The zero-order chi connectivity index (χ0) is 15.5. The lowest BCUT2D eigenvalue weighted by molar-refractivity contribution is 0.151. The molecule has 0 aromatic heterocycles. The van der Waals surface area contributed by atoms with Gasteiger partial charge in [0.15, 0.2) is 0 Å². The number of benzene rings is 1. The van der Waals surface area contributed by atoms with Crippen molar-refractivity contribution in [2.24, 2.45) is 0 Å². The highest BCUT2D eigenvalue weighted by Gasteiger charge is 2.28. The molecular weight excluding hydrogens is 288 g/mol. The van der Waals surface area contributed by atoms with E-state index in [-0.39, 0.29) is 6.61 Å². The second kappa shape index (κ2) is 6.87. The van der Waals surface area contributed by atoms with E-state index in [0.717, 1.165) is 5.56 Å². The van der Waals surface area contributed by atoms with Crippen molar-refractivity contribution in [3.63, 3.8) is 0 Å². The van der Waals surface area contributed by atoms with E-state index >= 15 is 0 Å². The van der Waals surface area contributed by atoms with Gasteiger partial charge in [-0.05, 0) is 23.6 Å². The molecule has 118 valence electrons. The minimum atomic E-state index is -3.40. The molecule has 0 unspecified atom stereocenters. The third kappa shape index (κ3) is 3.83. The molecular formula is C15H24N2O3S. The molecule has 0 radical (unpaired) electrons. The third-order valence-corrected chi connectivity index (χ3v) is 5.84. The average molecular weight is 312 g/mol. The molecule has 2 rings (SSSR count). The van der Waals surface area contributed by atoms with Crippen molar-refractivity contribution in [3.05, 3.63) is 29.8 Å². The molecule has 1 aromatic carbocycles. The molecule has 1 N–H and O–H groups in total. The van der Waals surface area contributed by atoms with Crippen molar-refractivity contribution in [2.45, 2.75) is 24.7 Å². The summed E-state index contributed by atoms with van der Waals surface area (Å²) in [4.78, 5) is 2.44. The highest BCUT2D eigenvalue weighted by Crippen LogP contribution is 2.21. The van der Waals surface area contributed by atoms with Crippen molar-refractivity contribution in [2.75, 3.05) is 39.3 Å². The molecule has 1 saturated heterocycles. The summed E-state index contributed by atoms with van der Waals surface area (Å²) in [6, 6.07) is 7.18. The van der Waals surface area contributed by atoms with Gasteiger partial charge in [-0.2, -0.15) is 4.31 Å². The minimum absolute atomic E-state index is 0.114. The van der Waals surface area contributed by atoms with Gasteiger partial charge in [0.25, 0.3) is 0 Å². The number of hydrogen-bond donors (Lipinski definition) is 1. The van der Waals surface area contributed by atoms with Crippen LogP contribution in [-0.4, -0.2) is 62.1 Å². The summed E-state index contributed by atoms with van der Waals surface area (Å²) in [5, 5.41) is 8.92. The Bertz CT molecular complexity index is 547. The number of nitrogens with zero attached hydrogens (tertiary/aromatic N) is 2. The summed E-state index contributed by atoms with van der Waals surface area (Å²) in [5.74, 6) is 0.392. The zero-order valence-electron chi connectivity index (χ0n) is 12.7. The van der Waals surface area contributed by atoms with Crippen LogP contribution in [0, 0.1) is 0 Å². The molecule has 1 heterocycles. The van der Waals surface area contributed by atoms with Gasteiger partial charge in [0.05, 0.1) is 11.5 Å². The highest BCUT2D eigenvalue weighted by molar-refractivity contribution is 7.89. The van der Waals surface area contributed by atoms with Crippen LogP contribution >= 0.6 is 0 Å². The van der Waals surface area contributed by atoms with E-state index in [2.05, 4.69) is 18.7 Å². The molecule has 1 aliphatic heterocycles. The lowest BCUT2D eigenvalue weighted by atomic mass is 10.0. The van der Waals surface area contributed by atoms with E-state index in [1.807, 2.05) is 12.1 Å². The number of hydrogen-bond acceptors (Lipinski definition) is 4. The number of aliphatic hydroxyl groups excluding tert-OH is 1. The second-order valence-corrected chi connectivity index (χ2v) is 7.63. The van der Waals surface area contributed by atoms with E-state index in [0.29, 0.717) is 43.5 Å². The summed E-state index contributed by atoms with van der Waals surface area (Å²) in [6.07, 6.45) is 0. The van der Waals surface area contributed by atoms with Crippen molar-refractivity contribution >= 4 is 10.0 Å². The van der Waals surface area contributed by atoms with Gasteiger partial charge in [-0.1, -0.05) is 26.0 Å². The summed E-state index contributed by atoms with van der Waals surface area (Å²) in [5.41, 5.74) is 1.14. The van der Waals surface area contributed by atoms with Crippen molar-refractivity contribution in [3.8, 4) is 0 Å². The summed E-state index contributed by atoms with van der Waals surface area (Å²) in [6.45, 7) is 7.20. The Kier molecular flexibility index (Phi) is 5.37. The molecule has 21 heavy (non-hydrogen) atoms. The monoisotopic (exact) mass is 312 g/mol. The maximum absolute atomic E-state index is 12.6. The molecule has 1 aromatic rings. The molecule has 6 heteroatoms. The number of aliphatic hydroxyl groups is 1. The molecule has 5 nitrogen and oxygen atoms in total. The standard InChI is InChI=1S/C15H24N2O3S/c1-13(2)14-3-5-15(6-4-14)21(19,20)17-9-7-16(8-10-17)11-12-18/h3-6,13,18H,7-12H2,1-2H3. The van der Waals surface area contributed by atoms with E-state index in [9.17, 15) is 8.42 Å². The van der Waals surface area contributed by atoms with Gasteiger partial charge in [-0.15, -0.1) is 0 Å². The zero-order valence-corrected chi connectivity index (χ0v) is 13.5. The smallest absolute Gasteiger partial charge is 0.243 e. The van der Waals surface area contributed by atoms with E-state index in [4.69, 9.17) is 5.11 Å². The van der Waals surface area contributed by atoms with Gasteiger partial charge in [0.2, 0.25) is 10.0 Å². The first-order valence-corrected chi connectivity index (χ1v) is 8.82. The van der Waals surface area contributed by atoms with Crippen LogP contribution in [0.5, 0.6) is 0 Å². The molecule has 0 amide bonds. The molecule has 0 spiro atoms. The van der Waals surface area contributed by atoms with Crippen LogP contribution in [0.2, 0.25) is 0 Å². The van der Waals surface area contributed by atoms with E-state index in [1.54, 1.807) is 12.1 Å². The molecule has 0 bridgehead atoms. The third-order valence-electron chi connectivity index (χ3n) is 3.93. The van der Waals surface area contributed by atoms with E-state index in [1.165, 1.54) is 4.31 Å². The Morgan fingerprint density at radius 3 is 2.14 bits per heavy atom. The molecule has 0 saturated carbocycles. The second-order valence-electron chi connectivity index (χ2n) is 5.69. The van der Waals surface area contributed by atoms with Crippen molar-refractivity contribution in [1.29, 1.82) is 0 Å².